The summed E-state index contributed by atoms with van der Waals surface area (Å²) in [5.74, 6) is -0.611. The van der Waals surface area contributed by atoms with E-state index < -0.39 is 16.0 Å². The monoisotopic (exact) mass is 445 g/mol. The molecule has 4 aromatic rings. The number of carbonyl (C=O) groups is 1. The van der Waals surface area contributed by atoms with Crippen LogP contribution in [0.15, 0.2) is 84.0 Å². The SMILES string of the molecule is Cc1ccc(NS(=O)(=O)c2ccc(C(=O)OCc3cn4ccccc4c3C#N)cc2)cc1. The first-order chi connectivity index (χ1) is 15.4. The number of aromatic nitrogens is 1. The summed E-state index contributed by atoms with van der Waals surface area (Å²) in [5, 5.41) is 9.45. The number of aryl methyl sites for hydroxylation is 1. The van der Waals surface area contributed by atoms with Gasteiger partial charge >= 0.3 is 5.97 Å². The topological polar surface area (TPSA) is 101 Å². The fraction of sp³-hybridized carbons (Fsp3) is 0.0833. The number of fused-ring (bicyclic) bond motifs is 1. The lowest BCUT2D eigenvalue weighted by atomic mass is 10.2. The first-order valence-electron chi connectivity index (χ1n) is 9.73. The van der Waals surface area contributed by atoms with Crippen LogP contribution in [0.1, 0.15) is 27.0 Å². The van der Waals surface area contributed by atoms with Crippen molar-refractivity contribution in [2.24, 2.45) is 0 Å². The highest BCUT2D eigenvalue weighted by atomic mass is 32.2. The van der Waals surface area contributed by atoms with Crippen LogP contribution in [0, 0.1) is 18.3 Å². The molecule has 0 aliphatic carbocycles. The molecule has 0 aliphatic rings. The van der Waals surface area contributed by atoms with E-state index in [0.29, 0.717) is 16.8 Å². The highest BCUT2D eigenvalue weighted by Gasteiger charge is 2.17. The number of anilines is 1. The number of rotatable bonds is 6. The molecular weight excluding hydrogens is 426 g/mol. The fourth-order valence-corrected chi connectivity index (χ4v) is 4.31. The van der Waals surface area contributed by atoms with E-state index in [1.165, 1.54) is 24.3 Å². The maximum Gasteiger partial charge on any atom is 0.338 e. The van der Waals surface area contributed by atoms with Crippen molar-refractivity contribution in [3.05, 3.63) is 101 Å². The number of pyridine rings is 1. The normalized spacial score (nSPS) is 11.1. The summed E-state index contributed by atoms with van der Waals surface area (Å²) in [4.78, 5) is 12.5. The van der Waals surface area contributed by atoms with Crippen LogP contribution in [0.5, 0.6) is 0 Å². The minimum atomic E-state index is -3.79. The van der Waals surface area contributed by atoms with Crippen molar-refractivity contribution in [3.63, 3.8) is 0 Å². The third-order valence-electron chi connectivity index (χ3n) is 4.94. The number of nitriles is 1. The second-order valence-corrected chi connectivity index (χ2v) is 8.89. The Labute approximate surface area is 185 Å². The molecule has 0 atom stereocenters. The van der Waals surface area contributed by atoms with E-state index in [0.717, 1.165) is 11.1 Å². The summed E-state index contributed by atoms with van der Waals surface area (Å²) in [6.07, 6.45) is 3.55. The quantitative estimate of drug-likeness (QED) is 0.447. The zero-order valence-electron chi connectivity index (χ0n) is 17.1. The number of hydrogen-bond donors (Lipinski definition) is 1. The van der Waals surface area contributed by atoms with Crippen molar-refractivity contribution in [3.8, 4) is 6.07 Å². The van der Waals surface area contributed by atoms with E-state index >= 15 is 0 Å². The Bertz CT molecular complexity index is 1430. The van der Waals surface area contributed by atoms with Gasteiger partial charge in [0.15, 0.2) is 0 Å². The van der Waals surface area contributed by atoms with Crippen molar-refractivity contribution in [1.82, 2.24) is 4.40 Å². The summed E-state index contributed by atoms with van der Waals surface area (Å²) in [6, 6.07) is 20.1. The zero-order chi connectivity index (χ0) is 22.7. The summed E-state index contributed by atoms with van der Waals surface area (Å²) in [7, 11) is -3.79. The smallest absolute Gasteiger partial charge is 0.338 e. The molecule has 0 fully saturated rings. The largest absolute Gasteiger partial charge is 0.457 e. The van der Waals surface area contributed by atoms with Gasteiger partial charge in [-0.1, -0.05) is 23.8 Å². The lowest BCUT2D eigenvalue weighted by Crippen LogP contribution is -2.13. The Hall–Kier alpha value is -4.09. The number of ether oxygens (including phenoxy) is 1. The van der Waals surface area contributed by atoms with Gasteiger partial charge in [-0.3, -0.25) is 4.72 Å². The number of esters is 1. The Morgan fingerprint density at radius 3 is 2.47 bits per heavy atom. The van der Waals surface area contributed by atoms with E-state index in [1.54, 1.807) is 22.7 Å². The highest BCUT2D eigenvalue weighted by molar-refractivity contribution is 7.92. The van der Waals surface area contributed by atoms with Gasteiger partial charge in [0.2, 0.25) is 0 Å². The fourth-order valence-electron chi connectivity index (χ4n) is 3.25. The van der Waals surface area contributed by atoms with Gasteiger partial charge in [-0.2, -0.15) is 5.26 Å². The standard InChI is InChI=1S/C24H19N3O4S/c1-17-5-9-20(10-6-17)26-32(29,30)21-11-7-18(8-12-21)24(28)31-16-19-15-27-13-3-2-4-23(27)22(19)14-25/h2-13,15,26H,16H2,1H3. The van der Waals surface area contributed by atoms with Crippen molar-refractivity contribution < 1.29 is 17.9 Å². The average Bonchev–Trinajstić information content (AvgIpc) is 3.16. The first-order valence-corrected chi connectivity index (χ1v) is 11.2. The molecule has 0 saturated carbocycles. The highest BCUT2D eigenvalue weighted by Crippen LogP contribution is 2.20. The van der Waals surface area contributed by atoms with E-state index in [2.05, 4.69) is 10.8 Å². The van der Waals surface area contributed by atoms with E-state index in [4.69, 9.17) is 4.74 Å². The Morgan fingerprint density at radius 2 is 1.78 bits per heavy atom. The van der Waals surface area contributed by atoms with Crippen molar-refractivity contribution in [2.45, 2.75) is 18.4 Å². The van der Waals surface area contributed by atoms with Gasteiger partial charge < -0.3 is 9.14 Å². The number of nitrogens with zero attached hydrogens (tertiary/aromatic N) is 2. The Kier molecular flexibility index (Phi) is 5.67. The van der Waals surface area contributed by atoms with Crippen molar-refractivity contribution in [2.75, 3.05) is 4.72 Å². The third kappa shape index (κ3) is 4.33. The molecule has 0 aliphatic heterocycles. The molecule has 2 aromatic heterocycles. The molecule has 32 heavy (non-hydrogen) atoms. The molecule has 0 saturated heterocycles. The molecule has 4 rings (SSSR count). The van der Waals surface area contributed by atoms with Gasteiger partial charge in [-0.25, -0.2) is 13.2 Å². The minimum Gasteiger partial charge on any atom is -0.457 e. The third-order valence-corrected chi connectivity index (χ3v) is 6.33. The lowest BCUT2D eigenvalue weighted by Gasteiger charge is -2.09. The van der Waals surface area contributed by atoms with Crippen molar-refractivity contribution in [1.29, 1.82) is 5.26 Å². The van der Waals surface area contributed by atoms with E-state index in [-0.39, 0.29) is 17.1 Å². The summed E-state index contributed by atoms with van der Waals surface area (Å²) < 4.78 is 34.8. The van der Waals surface area contributed by atoms with Gasteiger partial charge in [-0.05, 0) is 55.5 Å². The summed E-state index contributed by atoms with van der Waals surface area (Å²) in [6.45, 7) is 1.84. The molecular formula is C24H19N3O4S. The van der Waals surface area contributed by atoms with Crippen LogP contribution in [0.3, 0.4) is 0 Å². The molecule has 2 heterocycles. The average molecular weight is 446 g/mol. The molecule has 0 bridgehead atoms. The van der Waals surface area contributed by atoms with Crippen LogP contribution < -0.4 is 4.72 Å². The summed E-state index contributed by atoms with van der Waals surface area (Å²) in [5.41, 5.74) is 3.45. The van der Waals surface area contributed by atoms with Crippen LogP contribution in [-0.2, 0) is 21.4 Å². The molecule has 0 unspecified atom stereocenters. The Balaban J connectivity index is 1.45. The van der Waals surface area contributed by atoms with Crippen LogP contribution in [0.25, 0.3) is 5.52 Å². The Morgan fingerprint density at radius 1 is 1.06 bits per heavy atom. The predicted octanol–water partition coefficient (Wildman–Crippen LogP) is 4.28. The molecule has 160 valence electrons. The second kappa shape index (κ2) is 8.57. The van der Waals surface area contributed by atoms with Gasteiger partial charge in [0.05, 0.1) is 21.5 Å². The van der Waals surface area contributed by atoms with E-state index in [1.807, 2.05) is 43.5 Å². The number of nitrogens with one attached hydrogen (secondary N) is 1. The zero-order valence-corrected chi connectivity index (χ0v) is 18.0. The van der Waals surface area contributed by atoms with Gasteiger partial charge in [-0.15, -0.1) is 0 Å². The number of sulfonamides is 1. The predicted molar refractivity (Wildman–Crippen MR) is 120 cm³/mol. The van der Waals surface area contributed by atoms with Gasteiger partial charge in [0.1, 0.15) is 12.7 Å². The molecule has 7 nitrogen and oxygen atoms in total. The maximum atomic E-state index is 12.6. The van der Waals surface area contributed by atoms with Crippen LogP contribution in [0.2, 0.25) is 0 Å². The van der Waals surface area contributed by atoms with Crippen LogP contribution >= 0.6 is 0 Å². The van der Waals surface area contributed by atoms with Crippen molar-refractivity contribution >= 4 is 27.2 Å². The van der Waals surface area contributed by atoms with Crippen LogP contribution in [0.4, 0.5) is 5.69 Å². The number of hydrogen-bond acceptors (Lipinski definition) is 5. The maximum absolute atomic E-state index is 12.6. The summed E-state index contributed by atoms with van der Waals surface area (Å²) >= 11 is 0. The number of benzene rings is 2. The number of carbonyl (C=O) groups excluding carboxylic acids is 1. The first kappa shape index (κ1) is 21.2. The molecule has 1 N–H and O–H groups in total. The molecule has 0 amide bonds. The van der Waals surface area contributed by atoms with Gasteiger partial charge in [0.25, 0.3) is 10.0 Å². The van der Waals surface area contributed by atoms with Crippen LogP contribution in [-0.4, -0.2) is 18.8 Å². The second-order valence-electron chi connectivity index (χ2n) is 7.21. The lowest BCUT2D eigenvalue weighted by molar-refractivity contribution is 0.0472. The molecule has 0 spiro atoms. The minimum absolute atomic E-state index is 0.0278. The molecule has 2 aromatic carbocycles. The van der Waals surface area contributed by atoms with Gasteiger partial charge in [0, 0.05) is 23.6 Å². The molecule has 8 heteroatoms. The molecule has 0 radical (unpaired) electrons. The van der Waals surface area contributed by atoms with E-state index in [9.17, 15) is 18.5 Å².